The van der Waals surface area contributed by atoms with Crippen molar-refractivity contribution in [3.8, 4) is 0 Å². The number of rotatable bonds is 3. The SMILES string of the molecule is Cc1ccc(S(=O)(=O)C(C)CCl)nn1. The molecule has 0 radical (unpaired) electrons. The molecule has 1 aromatic rings. The summed E-state index contributed by atoms with van der Waals surface area (Å²) in [7, 11) is -3.41. The van der Waals surface area contributed by atoms with Crippen LogP contribution in [0.15, 0.2) is 17.2 Å². The molecule has 0 aliphatic heterocycles. The number of hydrogen-bond donors (Lipinski definition) is 0. The van der Waals surface area contributed by atoms with Crippen LogP contribution in [0, 0.1) is 6.92 Å². The maximum absolute atomic E-state index is 11.7. The second-order valence-electron chi connectivity index (χ2n) is 3.02. The van der Waals surface area contributed by atoms with E-state index in [4.69, 9.17) is 11.6 Å². The van der Waals surface area contributed by atoms with E-state index in [2.05, 4.69) is 10.2 Å². The highest BCUT2D eigenvalue weighted by molar-refractivity contribution is 7.92. The first-order chi connectivity index (χ1) is 6.48. The molecule has 0 saturated carbocycles. The molecule has 0 aliphatic carbocycles. The lowest BCUT2D eigenvalue weighted by molar-refractivity contribution is 0.581. The Morgan fingerprint density at radius 3 is 2.50 bits per heavy atom. The van der Waals surface area contributed by atoms with Gasteiger partial charge in [-0.2, -0.15) is 5.10 Å². The fourth-order valence-electron chi connectivity index (χ4n) is 0.828. The monoisotopic (exact) mass is 234 g/mol. The third kappa shape index (κ3) is 2.22. The van der Waals surface area contributed by atoms with Gasteiger partial charge in [-0.1, -0.05) is 0 Å². The Morgan fingerprint density at radius 2 is 2.07 bits per heavy atom. The van der Waals surface area contributed by atoms with Gasteiger partial charge in [0.05, 0.1) is 10.9 Å². The lowest BCUT2D eigenvalue weighted by Crippen LogP contribution is -2.20. The maximum atomic E-state index is 11.7. The molecule has 14 heavy (non-hydrogen) atoms. The molecule has 6 heteroatoms. The Morgan fingerprint density at radius 1 is 1.43 bits per heavy atom. The van der Waals surface area contributed by atoms with Crippen molar-refractivity contribution < 1.29 is 8.42 Å². The van der Waals surface area contributed by atoms with E-state index in [1.165, 1.54) is 6.07 Å². The minimum absolute atomic E-state index is 0.0174. The van der Waals surface area contributed by atoms with Crippen molar-refractivity contribution in [1.82, 2.24) is 10.2 Å². The largest absolute Gasteiger partial charge is 0.222 e. The third-order valence-corrected chi connectivity index (χ3v) is 4.48. The summed E-state index contributed by atoms with van der Waals surface area (Å²) in [6.07, 6.45) is 0. The van der Waals surface area contributed by atoms with E-state index in [0.717, 1.165) is 0 Å². The molecular formula is C8H11ClN2O2S. The summed E-state index contributed by atoms with van der Waals surface area (Å²) < 4.78 is 23.4. The van der Waals surface area contributed by atoms with E-state index in [-0.39, 0.29) is 10.9 Å². The van der Waals surface area contributed by atoms with Crippen molar-refractivity contribution in [3.63, 3.8) is 0 Å². The predicted octanol–water partition coefficient (Wildman–Crippen LogP) is 1.19. The van der Waals surface area contributed by atoms with Gasteiger partial charge in [-0.25, -0.2) is 8.42 Å². The van der Waals surface area contributed by atoms with Crippen LogP contribution in [0.4, 0.5) is 0 Å². The lowest BCUT2D eigenvalue weighted by Gasteiger charge is -2.07. The van der Waals surface area contributed by atoms with Gasteiger partial charge in [0.2, 0.25) is 9.84 Å². The number of aryl methyl sites for hydroxylation is 1. The molecule has 0 bridgehead atoms. The van der Waals surface area contributed by atoms with Gasteiger partial charge in [-0.05, 0) is 26.0 Å². The van der Waals surface area contributed by atoms with Gasteiger partial charge in [-0.3, -0.25) is 0 Å². The highest BCUT2D eigenvalue weighted by Gasteiger charge is 2.23. The molecule has 0 N–H and O–H groups in total. The molecule has 0 saturated heterocycles. The van der Waals surface area contributed by atoms with Crippen LogP contribution in [0.3, 0.4) is 0 Å². The number of halogens is 1. The minimum atomic E-state index is -3.41. The van der Waals surface area contributed by atoms with Gasteiger partial charge in [0.25, 0.3) is 0 Å². The molecule has 78 valence electrons. The summed E-state index contributed by atoms with van der Waals surface area (Å²) in [4.78, 5) is 0. The average Bonchev–Trinajstić information content (AvgIpc) is 2.17. The number of sulfone groups is 1. The quantitative estimate of drug-likeness (QED) is 0.737. The second-order valence-corrected chi connectivity index (χ2v) is 5.64. The van der Waals surface area contributed by atoms with Crippen molar-refractivity contribution in [3.05, 3.63) is 17.8 Å². The van der Waals surface area contributed by atoms with E-state index in [0.29, 0.717) is 5.69 Å². The van der Waals surface area contributed by atoms with Crippen LogP contribution in [-0.4, -0.2) is 29.7 Å². The normalized spacial score (nSPS) is 13.9. The fraction of sp³-hybridized carbons (Fsp3) is 0.500. The first-order valence-corrected chi connectivity index (χ1v) is 6.16. The maximum Gasteiger partial charge on any atom is 0.201 e. The van der Waals surface area contributed by atoms with E-state index < -0.39 is 15.1 Å². The fourth-order valence-corrected chi connectivity index (χ4v) is 2.32. The van der Waals surface area contributed by atoms with Gasteiger partial charge < -0.3 is 0 Å². The zero-order valence-corrected chi connectivity index (χ0v) is 9.51. The Kier molecular flexibility index (Phi) is 3.44. The van der Waals surface area contributed by atoms with Gasteiger partial charge in [0.15, 0.2) is 5.03 Å². The lowest BCUT2D eigenvalue weighted by atomic mass is 10.4. The molecule has 0 aromatic carbocycles. The number of hydrogen-bond acceptors (Lipinski definition) is 4. The molecule has 0 aliphatic rings. The Labute approximate surface area is 88.2 Å². The summed E-state index contributed by atoms with van der Waals surface area (Å²) in [5.41, 5.74) is 0.683. The zero-order chi connectivity index (χ0) is 10.8. The van der Waals surface area contributed by atoms with Crippen LogP contribution in [0.1, 0.15) is 12.6 Å². The van der Waals surface area contributed by atoms with E-state index in [9.17, 15) is 8.42 Å². The van der Waals surface area contributed by atoms with Crippen LogP contribution < -0.4 is 0 Å². The number of nitrogens with zero attached hydrogens (tertiary/aromatic N) is 2. The summed E-state index contributed by atoms with van der Waals surface area (Å²) in [5.74, 6) is 0.0535. The van der Waals surface area contributed by atoms with Crippen molar-refractivity contribution in [1.29, 1.82) is 0 Å². The van der Waals surface area contributed by atoms with E-state index in [1.54, 1.807) is 19.9 Å². The smallest absolute Gasteiger partial charge is 0.201 e. The Balaban J connectivity index is 3.11. The van der Waals surface area contributed by atoms with Gasteiger partial charge >= 0.3 is 0 Å². The summed E-state index contributed by atoms with van der Waals surface area (Å²) in [5, 5.41) is 6.66. The van der Waals surface area contributed by atoms with Crippen LogP contribution in [0.2, 0.25) is 0 Å². The molecule has 1 heterocycles. The third-order valence-electron chi connectivity index (χ3n) is 1.81. The minimum Gasteiger partial charge on any atom is -0.222 e. The molecule has 1 unspecified atom stereocenters. The van der Waals surface area contributed by atoms with Crippen LogP contribution in [0.5, 0.6) is 0 Å². The van der Waals surface area contributed by atoms with Gasteiger partial charge in [-0.15, -0.1) is 16.7 Å². The number of aromatic nitrogens is 2. The molecule has 0 fully saturated rings. The summed E-state index contributed by atoms with van der Waals surface area (Å²) in [6.45, 7) is 3.29. The first-order valence-electron chi connectivity index (χ1n) is 4.08. The van der Waals surface area contributed by atoms with Crippen molar-refractivity contribution in [2.24, 2.45) is 0 Å². The predicted molar refractivity (Wildman–Crippen MR) is 54.1 cm³/mol. The second kappa shape index (κ2) is 4.23. The molecule has 1 rings (SSSR count). The Hall–Kier alpha value is -0.680. The molecule has 0 amide bonds. The first kappa shape index (κ1) is 11.4. The molecule has 1 aromatic heterocycles. The van der Waals surface area contributed by atoms with Crippen LogP contribution >= 0.6 is 11.6 Å². The number of alkyl halides is 1. The Bertz CT molecular complexity index is 402. The molecule has 4 nitrogen and oxygen atoms in total. The van der Waals surface area contributed by atoms with Crippen LogP contribution in [0.25, 0.3) is 0 Å². The topological polar surface area (TPSA) is 59.9 Å². The molecule has 1 atom stereocenters. The highest BCUT2D eigenvalue weighted by atomic mass is 35.5. The van der Waals surface area contributed by atoms with Crippen molar-refractivity contribution >= 4 is 21.4 Å². The standard InChI is InChI=1S/C8H11ClN2O2S/c1-6-3-4-8(11-10-6)14(12,13)7(2)5-9/h3-4,7H,5H2,1-2H3. The molecular weight excluding hydrogens is 224 g/mol. The average molecular weight is 235 g/mol. The van der Waals surface area contributed by atoms with E-state index in [1.807, 2.05) is 0 Å². The van der Waals surface area contributed by atoms with Gasteiger partial charge in [0, 0.05) is 5.88 Å². The van der Waals surface area contributed by atoms with Crippen LogP contribution in [-0.2, 0) is 9.84 Å². The highest BCUT2D eigenvalue weighted by Crippen LogP contribution is 2.13. The molecule has 0 spiro atoms. The summed E-state index contributed by atoms with van der Waals surface area (Å²) >= 11 is 5.49. The van der Waals surface area contributed by atoms with Gasteiger partial charge in [0.1, 0.15) is 0 Å². The van der Waals surface area contributed by atoms with Crippen molar-refractivity contribution in [2.75, 3.05) is 5.88 Å². The van der Waals surface area contributed by atoms with Crippen molar-refractivity contribution in [2.45, 2.75) is 24.1 Å². The zero-order valence-electron chi connectivity index (χ0n) is 7.94. The summed E-state index contributed by atoms with van der Waals surface area (Å²) in [6, 6.07) is 3.06. The van der Waals surface area contributed by atoms with E-state index >= 15 is 0 Å².